The van der Waals surface area contributed by atoms with E-state index in [1.54, 1.807) is 36.7 Å². The monoisotopic (exact) mass is 622 g/mol. The van der Waals surface area contributed by atoms with Gasteiger partial charge in [-0.2, -0.15) is 0 Å². The van der Waals surface area contributed by atoms with Crippen molar-refractivity contribution in [1.82, 2.24) is 20.5 Å². The summed E-state index contributed by atoms with van der Waals surface area (Å²) < 4.78 is 0. The number of hydrogen-bond donors (Lipinski definition) is 5. The predicted molar refractivity (Wildman–Crippen MR) is 182 cm³/mol. The molecule has 0 spiro atoms. The number of nitrogens with one attached hydrogen (secondary N) is 4. The second-order valence-electron chi connectivity index (χ2n) is 11.7. The summed E-state index contributed by atoms with van der Waals surface area (Å²) in [5.74, 6) is -0.0646. The molecular weight excluding hydrogens is 580 g/mol. The second-order valence-corrected chi connectivity index (χ2v) is 11.7. The number of rotatable bonds is 11. The molecule has 3 heterocycles. The summed E-state index contributed by atoms with van der Waals surface area (Å²) in [6.07, 6.45) is 8.92. The Balaban J connectivity index is 1.16. The SMILES string of the molecule is CCCN(CCC)C(=O)C1=Cc2ccc(C(=O)Nc3cncc(CNC(=O)NCC4CCc5ccccc5N4)c3)cc2N=C(N)C1. The van der Waals surface area contributed by atoms with Gasteiger partial charge >= 0.3 is 6.03 Å². The number of fused-ring (bicyclic) bond motifs is 2. The lowest BCUT2D eigenvalue weighted by molar-refractivity contribution is -0.127. The van der Waals surface area contributed by atoms with Crippen LogP contribution in [0.4, 0.5) is 21.9 Å². The van der Waals surface area contributed by atoms with Gasteiger partial charge in [0.05, 0.1) is 17.6 Å². The van der Waals surface area contributed by atoms with Crippen molar-refractivity contribution in [2.75, 3.05) is 30.3 Å². The van der Waals surface area contributed by atoms with Crippen LogP contribution in [0.25, 0.3) is 6.08 Å². The average molecular weight is 623 g/mol. The molecule has 2 aromatic carbocycles. The summed E-state index contributed by atoms with van der Waals surface area (Å²) in [6.45, 7) is 6.22. The van der Waals surface area contributed by atoms with Gasteiger partial charge in [0.1, 0.15) is 5.84 Å². The number of carbonyl (C=O) groups excluding carboxylic acids is 3. The highest BCUT2D eigenvalue weighted by Crippen LogP contribution is 2.29. The van der Waals surface area contributed by atoms with Crippen LogP contribution in [0.2, 0.25) is 0 Å². The van der Waals surface area contributed by atoms with Crippen molar-refractivity contribution in [1.29, 1.82) is 0 Å². The Morgan fingerprint density at radius 1 is 1.02 bits per heavy atom. The van der Waals surface area contributed by atoms with Crippen molar-refractivity contribution >= 4 is 46.8 Å². The number of para-hydroxylation sites is 1. The normalized spacial score (nSPS) is 15.1. The van der Waals surface area contributed by atoms with Crippen LogP contribution in [0.15, 0.2) is 71.5 Å². The number of pyridine rings is 1. The number of benzene rings is 2. The number of aromatic nitrogens is 1. The molecule has 0 saturated carbocycles. The summed E-state index contributed by atoms with van der Waals surface area (Å²) in [4.78, 5) is 49.5. The number of hydrogen-bond acceptors (Lipinski definition) is 7. The van der Waals surface area contributed by atoms with Crippen molar-refractivity contribution in [3.8, 4) is 0 Å². The smallest absolute Gasteiger partial charge is 0.315 e. The number of nitrogens with zero attached hydrogens (tertiary/aromatic N) is 3. The molecule has 0 saturated heterocycles. The van der Waals surface area contributed by atoms with Crippen LogP contribution < -0.4 is 27.0 Å². The third-order valence-electron chi connectivity index (χ3n) is 7.96. The van der Waals surface area contributed by atoms with E-state index in [-0.39, 0.29) is 36.9 Å². The van der Waals surface area contributed by atoms with Crippen LogP contribution >= 0.6 is 0 Å². The second kappa shape index (κ2) is 15.2. The molecule has 6 N–H and O–H groups in total. The highest BCUT2D eigenvalue weighted by molar-refractivity contribution is 6.07. The summed E-state index contributed by atoms with van der Waals surface area (Å²) in [7, 11) is 0. The molecule has 0 radical (unpaired) electrons. The lowest BCUT2D eigenvalue weighted by atomic mass is 9.98. The molecule has 3 aromatic rings. The Morgan fingerprint density at radius 2 is 1.83 bits per heavy atom. The van der Waals surface area contributed by atoms with Crippen LogP contribution in [-0.2, 0) is 17.8 Å². The zero-order chi connectivity index (χ0) is 32.5. The van der Waals surface area contributed by atoms with E-state index in [2.05, 4.69) is 43.4 Å². The number of anilines is 2. The van der Waals surface area contributed by atoms with Gasteiger partial charge in [-0.1, -0.05) is 38.1 Å². The van der Waals surface area contributed by atoms with Gasteiger partial charge in [-0.15, -0.1) is 0 Å². The molecule has 4 amide bonds. The molecule has 1 unspecified atom stereocenters. The Bertz CT molecular complexity index is 1640. The van der Waals surface area contributed by atoms with Crippen molar-refractivity contribution in [2.24, 2.45) is 10.7 Å². The molecular formula is C35H42N8O3. The first-order valence-corrected chi connectivity index (χ1v) is 15.9. The fourth-order valence-corrected chi connectivity index (χ4v) is 5.70. The Labute approximate surface area is 269 Å². The Kier molecular flexibility index (Phi) is 10.6. The fourth-order valence-electron chi connectivity index (χ4n) is 5.70. The number of urea groups is 1. The van der Waals surface area contributed by atoms with E-state index in [1.165, 1.54) is 5.56 Å². The van der Waals surface area contributed by atoms with Gasteiger partial charge < -0.3 is 31.9 Å². The van der Waals surface area contributed by atoms with Crippen LogP contribution in [0.5, 0.6) is 0 Å². The molecule has 5 rings (SSSR count). The number of amides is 4. The summed E-state index contributed by atoms with van der Waals surface area (Å²) in [6, 6.07) is 15.0. The van der Waals surface area contributed by atoms with Crippen molar-refractivity contribution in [3.05, 3.63) is 88.8 Å². The standard InChI is InChI=1S/C35H42N8O3/c1-3-13-43(14-4-2)34(45)27-16-25-9-10-26(17-31(25)42-32(36)18-27)33(44)41-29-15-23(19-37-21-29)20-38-35(46)39-22-28-12-11-24-7-5-6-8-30(24)40-28/h5-10,15-17,19,21,28,40H,3-4,11-14,18,20,22H2,1-2H3,(H2,36,42)(H,41,44)(H2,38,39,46). The van der Waals surface area contributed by atoms with E-state index >= 15 is 0 Å². The third-order valence-corrected chi connectivity index (χ3v) is 7.96. The molecule has 1 atom stereocenters. The van der Waals surface area contributed by atoms with Crippen LogP contribution in [0.1, 0.15) is 66.6 Å². The first-order valence-electron chi connectivity index (χ1n) is 15.9. The van der Waals surface area contributed by atoms with E-state index in [0.29, 0.717) is 48.0 Å². The predicted octanol–water partition coefficient (Wildman–Crippen LogP) is 4.98. The van der Waals surface area contributed by atoms with E-state index in [0.717, 1.165) is 42.5 Å². The summed E-state index contributed by atoms with van der Waals surface area (Å²) in [5.41, 5.74) is 12.1. The molecule has 11 nitrogen and oxygen atoms in total. The summed E-state index contributed by atoms with van der Waals surface area (Å²) >= 11 is 0. The highest BCUT2D eigenvalue weighted by Gasteiger charge is 2.22. The first kappa shape index (κ1) is 32.2. The minimum absolute atomic E-state index is 0.0386. The maximum Gasteiger partial charge on any atom is 0.315 e. The summed E-state index contributed by atoms with van der Waals surface area (Å²) in [5, 5.41) is 12.1. The number of carbonyl (C=O) groups is 3. The molecule has 240 valence electrons. The first-order chi connectivity index (χ1) is 22.3. The lowest BCUT2D eigenvalue weighted by Gasteiger charge is -2.27. The molecule has 0 aliphatic carbocycles. The minimum Gasteiger partial charge on any atom is -0.387 e. The fraction of sp³-hybridized carbons (Fsp3) is 0.343. The van der Waals surface area contributed by atoms with Crippen molar-refractivity contribution in [2.45, 2.75) is 58.5 Å². The molecule has 46 heavy (non-hydrogen) atoms. The number of nitrogens with two attached hydrogens (primary N) is 1. The molecule has 0 fully saturated rings. The van der Waals surface area contributed by atoms with E-state index in [9.17, 15) is 14.4 Å². The molecule has 0 bridgehead atoms. The van der Waals surface area contributed by atoms with Gasteiger partial charge in [0.2, 0.25) is 5.91 Å². The Hall–Kier alpha value is -5.19. The van der Waals surface area contributed by atoms with E-state index in [4.69, 9.17) is 5.73 Å². The lowest BCUT2D eigenvalue weighted by Crippen LogP contribution is -2.42. The molecule has 1 aromatic heterocycles. The minimum atomic E-state index is -0.343. The van der Waals surface area contributed by atoms with Gasteiger partial charge in [-0.25, -0.2) is 9.79 Å². The maximum absolute atomic E-state index is 13.3. The molecule has 11 heteroatoms. The van der Waals surface area contributed by atoms with Crippen molar-refractivity contribution < 1.29 is 14.4 Å². The highest BCUT2D eigenvalue weighted by atomic mass is 16.2. The van der Waals surface area contributed by atoms with Gasteiger partial charge in [0, 0.05) is 67.2 Å². The number of aliphatic imine (C=N–C) groups is 1. The molecule has 2 aliphatic heterocycles. The van der Waals surface area contributed by atoms with Gasteiger partial charge in [-0.3, -0.25) is 14.6 Å². The van der Waals surface area contributed by atoms with Crippen molar-refractivity contribution in [3.63, 3.8) is 0 Å². The maximum atomic E-state index is 13.3. The van der Waals surface area contributed by atoms with Gasteiger partial charge in [0.15, 0.2) is 0 Å². The molecule has 2 aliphatic rings. The van der Waals surface area contributed by atoms with E-state index in [1.807, 2.05) is 37.0 Å². The van der Waals surface area contributed by atoms with Crippen LogP contribution in [0, 0.1) is 0 Å². The number of amidine groups is 1. The van der Waals surface area contributed by atoms with Crippen LogP contribution in [-0.4, -0.2) is 59.2 Å². The number of aryl methyl sites for hydroxylation is 1. The Morgan fingerprint density at radius 3 is 2.63 bits per heavy atom. The van der Waals surface area contributed by atoms with E-state index < -0.39 is 0 Å². The topological polar surface area (TPSA) is 154 Å². The van der Waals surface area contributed by atoms with Gasteiger partial charge in [-0.05, 0) is 67.2 Å². The largest absolute Gasteiger partial charge is 0.387 e. The average Bonchev–Trinajstić information content (AvgIpc) is 3.23. The van der Waals surface area contributed by atoms with Gasteiger partial charge in [0.25, 0.3) is 5.91 Å². The third kappa shape index (κ3) is 8.29. The quantitative estimate of drug-likeness (QED) is 0.203. The zero-order valence-corrected chi connectivity index (χ0v) is 26.4. The zero-order valence-electron chi connectivity index (χ0n) is 26.4. The van der Waals surface area contributed by atoms with Crippen LogP contribution in [0.3, 0.4) is 0 Å².